The van der Waals surface area contributed by atoms with Crippen LogP contribution in [0.15, 0.2) is 116 Å². The fourth-order valence-electron chi connectivity index (χ4n) is 4.21. The molecule has 204 valence electrons. The van der Waals surface area contributed by atoms with Crippen molar-refractivity contribution in [1.29, 1.82) is 0 Å². The standard InChI is InChI=1S/C30H25NO7S2/c1-20-4-13-26(14-5-20)39(33,34)31(40(35,36)27-15-6-21(2)7-16-27)24-10-17-29-23(18-24)19-28(30(32)38-29)22-8-11-25(37-3)12-9-22/h4-19H,1-3H3. The summed E-state index contributed by atoms with van der Waals surface area (Å²) in [6, 6.07) is 24.2. The van der Waals surface area contributed by atoms with E-state index in [1.54, 1.807) is 68.4 Å². The van der Waals surface area contributed by atoms with Crippen LogP contribution in [0.2, 0.25) is 0 Å². The van der Waals surface area contributed by atoms with E-state index in [0.29, 0.717) is 20.4 Å². The second kappa shape index (κ2) is 10.3. The molecule has 0 atom stereocenters. The normalized spacial score (nSPS) is 11.9. The van der Waals surface area contributed by atoms with Gasteiger partial charge < -0.3 is 9.15 Å². The van der Waals surface area contributed by atoms with E-state index in [-0.39, 0.29) is 26.6 Å². The first kappa shape index (κ1) is 27.2. The summed E-state index contributed by atoms with van der Waals surface area (Å²) in [6.45, 7) is 3.60. The minimum atomic E-state index is -4.59. The third-order valence-corrected chi connectivity index (χ3v) is 10.6. The number of hydrogen-bond donors (Lipinski definition) is 0. The first-order valence-electron chi connectivity index (χ1n) is 12.2. The molecule has 0 aliphatic heterocycles. The van der Waals surface area contributed by atoms with Gasteiger partial charge in [-0.2, -0.15) is 3.71 Å². The average Bonchev–Trinajstić information content (AvgIpc) is 2.93. The summed E-state index contributed by atoms with van der Waals surface area (Å²) in [5.41, 5.74) is 1.86. The van der Waals surface area contributed by atoms with Gasteiger partial charge in [-0.15, -0.1) is 0 Å². The van der Waals surface area contributed by atoms with Crippen molar-refractivity contribution in [1.82, 2.24) is 0 Å². The van der Waals surface area contributed by atoms with Crippen LogP contribution in [-0.2, 0) is 20.0 Å². The van der Waals surface area contributed by atoms with Crippen molar-refractivity contribution < 1.29 is 26.0 Å². The van der Waals surface area contributed by atoms with E-state index in [4.69, 9.17) is 9.15 Å². The maximum absolute atomic E-state index is 13.9. The second-order valence-corrected chi connectivity index (χ2v) is 13.0. The SMILES string of the molecule is COc1ccc(-c2cc3cc(N(S(=O)(=O)c4ccc(C)cc4)S(=O)(=O)c4ccc(C)cc4)ccc3oc2=O)cc1. The first-order chi connectivity index (χ1) is 19.0. The average molecular weight is 576 g/mol. The fraction of sp³-hybridized carbons (Fsp3) is 0.100. The van der Waals surface area contributed by atoms with E-state index < -0.39 is 25.7 Å². The molecule has 10 heteroatoms. The molecular formula is C30H25NO7S2. The summed E-state index contributed by atoms with van der Waals surface area (Å²) in [7, 11) is -7.66. The van der Waals surface area contributed by atoms with Crippen molar-refractivity contribution in [3.63, 3.8) is 0 Å². The molecule has 1 aromatic heterocycles. The van der Waals surface area contributed by atoms with E-state index in [9.17, 15) is 21.6 Å². The van der Waals surface area contributed by atoms with Gasteiger partial charge in [0.1, 0.15) is 11.3 Å². The van der Waals surface area contributed by atoms with Gasteiger partial charge in [0.15, 0.2) is 0 Å². The maximum atomic E-state index is 13.9. The number of rotatable bonds is 7. The van der Waals surface area contributed by atoms with Gasteiger partial charge in [-0.1, -0.05) is 47.5 Å². The summed E-state index contributed by atoms with van der Waals surface area (Å²) in [5.74, 6) is 0.606. The zero-order chi connectivity index (χ0) is 28.7. The van der Waals surface area contributed by atoms with Gasteiger partial charge >= 0.3 is 5.63 Å². The summed E-state index contributed by atoms with van der Waals surface area (Å²) in [5, 5.41) is 0.339. The first-order valence-corrected chi connectivity index (χ1v) is 15.0. The van der Waals surface area contributed by atoms with Crippen molar-refractivity contribution in [3.8, 4) is 16.9 Å². The number of ether oxygens (including phenoxy) is 1. The van der Waals surface area contributed by atoms with Crippen LogP contribution in [0.5, 0.6) is 5.75 Å². The highest BCUT2D eigenvalue weighted by Crippen LogP contribution is 2.34. The monoisotopic (exact) mass is 575 g/mol. The molecule has 0 aliphatic carbocycles. The molecule has 4 aromatic carbocycles. The zero-order valence-electron chi connectivity index (χ0n) is 21.9. The molecule has 0 aliphatic rings. The maximum Gasteiger partial charge on any atom is 0.344 e. The van der Waals surface area contributed by atoms with Crippen LogP contribution < -0.4 is 14.1 Å². The predicted octanol–water partition coefficient (Wildman–Crippen LogP) is 5.67. The Morgan fingerprint density at radius 2 is 1.20 bits per heavy atom. The predicted molar refractivity (Wildman–Crippen MR) is 154 cm³/mol. The quantitative estimate of drug-likeness (QED) is 0.230. The zero-order valence-corrected chi connectivity index (χ0v) is 23.5. The lowest BCUT2D eigenvalue weighted by molar-refractivity contribution is 0.415. The van der Waals surface area contributed by atoms with E-state index in [2.05, 4.69) is 0 Å². The summed E-state index contributed by atoms with van der Waals surface area (Å²) in [4.78, 5) is 12.4. The molecule has 0 saturated heterocycles. The van der Waals surface area contributed by atoms with E-state index in [0.717, 1.165) is 11.1 Å². The molecule has 0 fully saturated rings. The highest BCUT2D eigenvalue weighted by molar-refractivity contribution is 8.10. The molecule has 0 saturated carbocycles. The molecule has 0 spiro atoms. The van der Waals surface area contributed by atoms with Gasteiger partial charge in [-0.05, 0) is 80.1 Å². The van der Waals surface area contributed by atoms with Crippen LogP contribution in [0.3, 0.4) is 0 Å². The second-order valence-electron chi connectivity index (χ2n) is 9.23. The van der Waals surface area contributed by atoms with Crippen LogP contribution in [-0.4, -0.2) is 23.9 Å². The number of sulfonamides is 2. The van der Waals surface area contributed by atoms with Gasteiger partial charge in [-0.25, -0.2) is 21.6 Å². The van der Waals surface area contributed by atoms with E-state index in [1.807, 2.05) is 0 Å². The number of benzene rings is 4. The van der Waals surface area contributed by atoms with Crippen LogP contribution in [0.25, 0.3) is 22.1 Å². The number of hydrogen-bond acceptors (Lipinski definition) is 7. The lowest BCUT2D eigenvalue weighted by Gasteiger charge is -2.24. The molecule has 0 radical (unpaired) electrons. The Morgan fingerprint density at radius 1 is 0.675 bits per heavy atom. The van der Waals surface area contributed by atoms with Crippen molar-refractivity contribution in [2.24, 2.45) is 0 Å². The molecule has 0 unspecified atom stereocenters. The van der Waals surface area contributed by atoms with E-state index >= 15 is 0 Å². The number of aryl methyl sites for hydroxylation is 2. The minimum Gasteiger partial charge on any atom is -0.497 e. The van der Waals surface area contributed by atoms with Gasteiger partial charge in [0.25, 0.3) is 20.0 Å². The Labute approximate surface area is 232 Å². The Hall–Kier alpha value is -4.41. The molecule has 8 nitrogen and oxygen atoms in total. The largest absolute Gasteiger partial charge is 0.497 e. The summed E-state index contributed by atoms with van der Waals surface area (Å²) in [6.07, 6.45) is 0. The number of nitrogens with zero attached hydrogens (tertiary/aromatic N) is 1. The van der Waals surface area contributed by atoms with Crippen LogP contribution in [0, 0.1) is 13.8 Å². The minimum absolute atomic E-state index is 0.136. The summed E-state index contributed by atoms with van der Waals surface area (Å²) < 4.78 is 66.8. The molecule has 0 amide bonds. The Bertz CT molecular complexity index is 1900. The number of anilines is 1. The lowest BCUT2D eigenvalue weighted by atomic mass is 10.1. The van der Waals surface area contributed by atoms with Crippen LogP contribution in [0.1, 0.15) is 11.1 Å². The smallest absolute Gasteiger partial charge is 0.344 e. The van der Waals surface area contributed by atoms with Crippen LogP contribution in [0.4, 0.5) is 5.69 Å². The molecule has 5 rings (SSSR count). The Kier molecular flexibility index (Phi) is 6.99. The Morgan fingerprint density at radius 3 is 1.70 bits per heavy atom. The van der Waals surface area contributed by atoms with Crippen molar-refractivity contribution >= 4 is 36.7 Å². The lowest BCUT2D eigenvalue weighted by Crippen LogP contribution is -2.37. The number of methoxy groups -OCH3 is 1. The molecular weight excluding hydrogens is 550 g/mol. The topological polar surface area (TPSA) is 111 Å². The fourth-order valence-corrected chi connectivity index (χ4v) is 7.89. The molecule has 40 heavy (non-hydrogen) atoms. The number of fused-ring (bicyclic) bond motifs is 1. The van der Waals surface area contributed by atoms with Gasteiger partial charge in [-0.3, -0.25) is 0 Å². The van der Waals surface area contributed by atoms with Crippen molar-refractivity contribution in [3.05, 3.63) is 119 Å². The summed E-state index contributed by atoms with van der Waals surface area (Å²) >= 11 is 0. The van der Waals surface area contributed by atoms with Crippen molar-refractivity contribution in [2.75, 3.05) is 10.8 Å². The molecule has 5 aromatic rings. The highest BCUT2D eigenvalue weighted by Gasteiger charge is 2.37. The van der Waals surface area contributed by atoms with Crippen LogP contribution >= 0.6 is 0 Å². The van der Waals surface area contributed by atoms with Gasteiger partial charge in [0, 0.05) is 5.39 Å². The molecule has 1 heterocycles. The molecule has 0 N–H and O–H groups in total. The highest BCUT2D eigenvalue weighted by atomic mass is 32.3. The van der Waals surface area contributed by atoms with Gasteiger partial charge in [0.05, 0.1) is 28.2 Å². The van der Waals surface area contributed by atoms with Gasteiger partial charge in [0.2, 0.25) is 0 Å². The van der Waals surface area contributed by atoms with E-state index in [1.165, 1.54) is 49.6 Å². The molecule has 0 bridgehead atoms. The third kappa shape index (κ3) is 4.99. The van der Waals surface area contributed by atoms with Crippen molar-refractivity contribution in [2.45, 2.75) is 23.6 Å². The Balaban J connectivity index is 1.72. The third-order valence-electron chi connectivity index (χ3n) is 6.40.